The molecule has 0 unspecified atom stereocenters. The Morgan fingerprint density at radius 2 is 2.14 bits per heavy atom. The van der Waals surface area contributed by atoms with Crippen molar-refractivity contribution in [2.24, 2.45) is 13.0 Å². The van der Waals surface area contributed by atoms with E-state index in [1.54, 1.807) is 17.1 Å². The van der Waals surface area contributed by atoms with Gasteiger partial charge in [0, 0.05) is 39.1 Å². The van der Waals surface area contributed by atoms with Gasteiger partial charge in [0.1, 0.15) is 23.5 Å². The molecular weight excluding hydrogens is 374 g/mol. The van der Waals surface area contributed by atoms with Gasteiger partial charge in [0.25, 0.3) is 5.89 Å². The highest BCUT2D eigenvalue weighted by atomic mass is 16.5. The number of nitrogens with one attached hydrogen (secondary N) is 2. The van der Waals surface area contributed by atoms with Crippen LogP contribution in [0.2, 0.25) is 0 Å². The zero-order chi connectivity index (χ0) is 20.2. The Bertz CT molecular complexity index is 991. The van der Waals surface area contributed by atoms with Gasteiger partial charge >= 0.3 is 5.91 Å². The molecular formula is C19H23N7O3. The number of carbonyl (C=O) groups is 1. The van der Waals surface area contributed by atoms with Crippen LogP contribution in [0.1, 0.15) is 29.1 Å². The summed E-state index contributed by atoms with van der Waals surface area (Å²) in [6.07, 6.45) is 6.71. The number of aromatic nitrogens is 5. The van der Waals surface area contributed by atoms with Gasteiger partial charge < -0.3 is 19.8 Å². The van der Waals surface area contributed by atoms with Crippen molar-refractivity contribution >= 4 is 17.7 Å². The molecule has 1 fully saturated rings. The number of aryl methyl sites for hydroxylation is 2. The maximum Gasteiger partial charge on any atom is 0.307 e. The first-order valence-corrected chi connectivity index (χ1v) is 9.50. The number of ether oxygens (including phenoxy) is 1. The minimum absolute atomic E-state index is 0.0196. The minimum atomic E-state index is -0.331. The van der Waals surface area contributed by atoms with Crippen molar-refractivity contribution in [2.75, 3.05) is 25.1 Å². The molecule has 3 aromatic heterocycles. The molecule has 1 aliphatic heterocycles. The summed E-state index contributed by atoms with van der Waals surface area (Å²) in [5, 5.41) is 10.1. The van der Waals surface area contributed by atoms with Crippen LogP contribution in [0.4, 0.5) is 11.8 Å². The largest absolute Gasteiger partial charge is 0.440 e. The van der Waals surface area contributed by atoms with Gasteiger partial charge in [-0.05, 0) is 31.2 Å². The van der Waals surface area contributed by atoms with Crippen molar-refractivity contribution in [1.82, 2.24) is 30.0 Å². The van der Waals surface area contributed by atoms with Crippen molar-refractivity contribution in [3.8, 4) is 11.4 Å². The van der Waals surface area contributed by atoms with Gasteiger partial charge in [0.2, 0.25) is 5.95 Å². The number of nitrogens with zero attached hydrogens (tertiary/aromatic N) is 5. The minimum Gasteiger partial charge on any atom is -0.440 e. The Labute approximate surface area is 167 Å². The molecule has 1 amide bonds. The summed E-state index contributed by atoms with van der Waals surface area (Å²) in [5.41, 5.74) is 1.90. The number of carbonyl (C=O) groups excluding carboxylic acids is 1. The summed E-state index contributed by atoms with van der Waals surface area (Å²) < 4.78 is 12.4. The van der Waals surface area contributed by atoms with Crippen molar-refractivity contribution < 1.29 is 13.9 Å². The molecule has 1 aliphatic rings. The topological polar surface area (TPSA) is 120 Å². The second kappa shape index (κ2) is 8.39. The smallest absolute Gasteiger partial charge is 0.307 e. The van der Waals surface area contributed by atoms with Gasteiger partial charge in [-0.1, -0.05) is 0 Å². The molecule has 1 saturated heterocycles. The SMILES string of the molecule is Cc1cnc(Nc2ccnn2C)nc1-c1coc(C(=O)NCC2CCOCC2)n1. The zero-order valence-corrected chi connectivity index (χ0v) is 16.4. The normalized spacial score (nSPS) is 14.7. The molecule has 29 heavy (non-hydrogen) atoms. The van der Waals surface area contributed by atoms with E-state index in [0.717, 1.165) is 37.4 Å². The van der Waals surface area contributed by atoms with Crippen LogP contribution in [0.15, 0.2) is 29.1 Å². The molecule has 0 aliphatic carbocycles. The van der Waals surface area contributed by atoms with E-state index in [1.807, 2.05) is 20.0 Å². The fourth-order valence-electron chi connectivity index (χ4n) is 3.12. The standard InChI is InChI=1S/C19H23N7O3/c1-12-9-21-19(24-15-3-6-22-26(15)2)25-16(12)14-11-29-18(23-14)17(27)20-10-13-4-7-28-8-5-13/h3,6,9,11,13H,4-5,7-8,10H2,1-2H3,(H,20,27)(H,21,24,25). The second-order valence-corrected chi connectivity index (χ2v) is 6.99. The van der Waals surface area contributed by atoms with Crippen LogP contribution in [0.25, 0.3) is 11.4 Å². The van der Waals surface area contributed by atoms with Gasteiger partial charge in [0.15, 0.2) is 0 Å². The fourth-order valence-corrected chi connectivity index (χ4v) is 3.12. The fraction of sp³-hybridized carbons (Fsp3) is 0.421. The Hall–Kier alpha value is -3.27. The van der Waals surface area contributed by atoms with Crippen LogP contribution in [0.3, 0.4) is 0 Å². The maximum absolute atomic E-state index is 12.4. The third-order valence-corrected chi connectivity index (χ3v) is 4.87. The summed E-state index contributed by atoms with van der Waals surface area (Å²) in [4.78, 5) is 25.5. The number of amides is 1. The molecule has 0 aromatic carbocycles. The molecule has 10 heteroatoms. The van der Waals surface area contributed by atoms with E-state index in [1.165, 1.54) is 6.26 Å². The molecule has 0 bridgehead atoms. The highest BCUT2D eigenvalue weighted by Crippen LogP contribution is 2.22. The summed E-state index contributed by atoms with van der Waals surface area (Å²) in [5.74, 6) is 1.27. The molecule has 4 rings (SSSR count). The van der Waals surface area contributed by atoms with Gasteiger partial charge in [-0.3, -0.25) is 9.48 Å². The van der Waals surface area contributed by atoms with Crippen molar-refractivity contribution in [3.05, 3.63) is 36.2 Å². The van der Waals surface area contributed by atoms with E-state index in [2.05, 4.69) is 30.7 Å². The lowest BCUT2D eigenvalue weighted by atomic mass is 10.0. The van der Waals surface area contributed by atoms with Crippen LogP contribution in [-0.2, 0) is 11.8 Å². The third-order valence-electron chi connectivity index (χ3n) is 4.87. The van der Waals surface area contributed by atoms with Crippen LogP contribution in [0, 0.1) is 12.8 Å². The van der Waals surface area contributed by atoms with Crippen LogP contribution in [-0.4, -0.2) is 50.4 Å². The first kappa shape index (κ1) is 19.1. The second-order valence-electron chi connectivity index (χ2n) is 6.99. The molecule has 10 nitrogen and oxygen atoms in total. The average molecular weight is 397 g/mol. The van der Waals surface area contributed by atoms with Crippen molar-refractivity contribution in [3.63, 3.8) is 0 Å². The number of anilines is 2. The lowest BCUT2D eigenvalue weighted by molar-refractivity contribution is 0.0637. The molecule has 152 valence electrons. The molecule has 0 atom stereocenters. The van der Waals surface area contributed by atoms with Gasteiger partial charge in [-0.2, -0.15) is 5.10 Å². The summed E-state index contributed by atoms with van der Waals surface area (Å²) in [7, 11) is 1.82. The Kier molecular flexibility index (Phi) is 5.52. The quantitative estimate of drug-likeness (QED) is 0.649. The van der Waals surface area contributed by atoms with Crippen molar-refractivity contribution in [1.29, 1.82) is 0 Å². The van der Waals surface area contributed by atoms with Gasteiger partial charge in [-0.25, -0.2) is 15.0 Å². The monoisotopic (exact) mass is 397 g/mol. The van der Waals surface area contributed by atoms with Crippen LogP contribution in [0.5, 0.6) is 0 Å². The van der Waals surface area contributed by atoms with Crippen LogP contribution < -0.4 is 10.6 Å². The molecule has 0 radical (unpaired) electrons. The van der Waals surface area contributed by atoms with E-state index in [-0.39, 0.29) is 11.8 Å². The lowest BCUT2D eigenvalue weighted by Gasteiger charge is -2.21. The Morgan fingerprint density at radius 3 is 2.90 bits per heavy atom. The first-order chi connectivity index (χ1) is 14.1. The highest BCUT2D eigenvalue weighted by Gasteiger charge is 2.19. The predicted molar refractivity (Wildman–Crippen MR) is 105 cm³/mol. The van der Waals surface area contributed by atoms with Crippen molar-refractivity contribution in [2.45, 2.75) is 19.8 Å². The van der Waals surface area contributed by atoms with Crippen LogP contribution >= 0.6 is 0 Å². The number of hydrogen-bond acceptors (Lipinski definition) is 8. The number of hydrogen-bond donors (Lipinski definition) is 2. The van der Waals surface area contributed by atoms with E-state index in [9.17, 15) is 4.79 Å². The highest BCUT2D eigenvalue weighted by molar-refractivity contribution is 5.90. The maximum atomic E-state index is 12.4. The molecule has 0 saturated carbocycles. The molecule has 0 spiro atoms. The zero-order valence-electron chi connectivity index (χ0n) is 16.4. The number of oxazole rings is 1. The summed E-state index contributed by atoms with van der Waals surface area (Å²) >= 11 is 0. The Morgan fingerprint density at radius 1 is 1.31 bits per heavy atom. The number of rotatable bonds is 6. The van der Waals surface area contributed by atoms with E-state index in [0.29, 0.717) is 29.8 Å². The summed E-state index contributed by atoms with van der Waals surface area (Å²) in [6, 6.07) is 1.82. The molecule has 2 N–H and O–H groups in total. The molecule has 4 heterocycles. The van der Waals surface area contributed by atoms with E-state index >= 15 is 0 Å². The predicted octanol–water partition coefficient (Wildman–Crippen LogP) is 2.07. The van der Waals surface area contributed by atoms with Gasteiger partial charge in [-0.15, -0.1) is 0 Å². The summed E-state index contributed by atoms with van der Waals surface area (Å²) in [6.45, 7) is 3.95. The Balaban J connectivity index is 1.46. The lowest BCUT2D eigenvalue weighted by Crippen LogP contribution is -2.32. The van der Waals surface area contributed by atoms with E-state index < -0.39 is 0 Å². The van der Waals surface area contributed by atoms with Gasteiger partial charge in [0.05, 0.1) is 6.20 Å². The average Bonchev–Trinajstić information content (AvgIpc) is 3.38. The van der Waals surface area contributed by atoms with E-state index in [4.69, 9.17) is 9.15 Å². The molecule has 3 aromatic rings. The third kappa shape index (κ3) is 4.43. The first-order valence-electron chi connectivity index (χ1n) is 9.50.